The molecule has 1 unspecified atom stereocenters. The van der Waals surface area contributed by atoms with Crippen LogP contribution in [0, 0.1) is 0 Å². The standard InChI is InChI=1S/C10H11BrOS/c1-10(6-12-10)7-13-9-4-2-3-8(11)5-9/h2-5H,6-7H2,1H3. The third-order valence-electron chi connectivity index (χ3n) is 1.98. The van der Waals surface area contributed by atoms with Gasteiger partial charge in [0.2, 0.25) is 0 Å². The summed E-state index contributed by atoms with van der Waals surface area (Å²) in [6.07, 6.45) is 0. The second kappa shape index (κ2) is 3.64. The van der Waals surface area contributed by atoms with E-state index < -0.39 is 0 Å². The zero-order chi connectivity index (χ0) is 9.31. The van der Waals surface area contributed by atoms with Gasteiger partial charge < -0.3 is 4.74 Å². The maximum Gasteiger partial charge on any atom is 0.0981 e. The van der Waals surface area contributed by atoms with E-state index in [-0.39, 0.29) is 5.60 Å². The molecule has 1 nitrogen and oxygen atoms in total. The van der Waals surface area contributed by atoms with Crippen LogP contribution in [-0.2, 0) is 4.74 Å². The predicted octanol–water partition coefficient (Wildman–Crippen LogP) is 3.33. The van der Waals surface area contributed by atoms with E-state index in [0.29, 0.717) is 0 Å². The maximum absolute atomic E-state index is 5.32. The van der Waals surface area contributed by atoms with Crippen molar-refractivity contribution in [1.29, 1.82) is 0 Å². The van der Waals surface area contributed by atoms with Gasteiger partial charge in [0.05, 0.1) is 12.2 Å². The van der Waals surface area contributed by atoms with Crippen LogP contribution in [0.1, 0.15) is 6.92 Å². The molecule has 1 fully saturated rings. The highest BCUT2D eigenvalue weighted by Crippen LogP contribution is 2.33. The Morgan fingerprint density at radius 3 is 3.00 bits per heavy atom. The number of ether oxygens (including phenoxy) is 1. The van der Waals surface area contributed by atoms with E-state index >= 15 is 0 Å². The SMILES string of the molecule is CC1(CSc2cccc(Br)c2)CO1. The summed E-state index contributed by atoms with van der Waals surface area (Å²) in [5, 5.41) is 0. The van der Waals surface area contributed by atoms with E-state index in [2.05, 4.69) is 41.1 Å². The lowest BCUT2D eigenvalue weighted by Crippen LogP contribution is -2.07. The Hall–Kier alpha value is 0.01000. The molecule has 2 rings (SSSR count). The van der Waals surface area contributed by atoms with Crippen molar-refractivity contribution in [2.45, 2.75) is 17.4 Å². The lowest BCUT2D eigenvalue weighted by atomic mass is 10.3. The first-order chi connectivity index (χ1) is 6.18. The normalized spacial score (nSPS) is 26.0. The topological polar surface area (TPSA) is 12.5 Å². The molecule has 1 aromatic carbocycles. The van der Waals surface area contributed by atoms with Gasteiger partial charge in [-0.1, -0.05) is 22.0 Å². The Bertz CT molecular complexity index is 310. The summed E-state index contributed by atoms with van der Waals surface area (Å²) >= 11 is 5.30. The minimum absolute atomic E-state index is 0.146. The number of halogens is 1. The molecule has 0 aromatic heterocycles. The zero-order valence-corrected chi connectivity index (χ0v) is 9.82. The van der Waals surface area contributed by atoms with Crippen molar-refractivity contribution in [1.82, 2.24) is 0 Å². The van der Waals surface area contributed by atoms with E-state index in [1.54, 1.807) is 0 Å². The quantitative estimate of drug-likeness (QED) is 0.609. The van der Waals surface area contributed by atoms with Gasteiger partial charge in [0, 0.05) is 15.1 Å². The first-order valence-corrected chi connectivity index (χ1v) is 5.98. The summed E-state index contributed by atoms with van der Waals surface area (Å²) in [5.74, 6) is 1.05. The van der Waals surface area contributed by atoms with E-state index in [1.165, 1.54) is 4.90 Å². The number of thioether (sulfide) groups is 1. The first-order valence-electron chi connectivity index (χ1n) is 4.20. The fourth-order valence-corrected chi connectivity index (χ4v) is 2.57. The molecule has 70 valence electrons. The van der Waals surface area contributed by atoms with Crippen molar-refractivity contribution in [3.63, 3.8) is 0 Å². The summed E-state index contributed by atoms with van der Waals surface area (Å²) in [6.45, 7) is 3.06. The highest BCUT2D eigenvalue weighted by atomic mass is 79.9. The molecule has 0 spiro atoms. The Balaban J connectivity index is 1.94. The average molecular weight is 259 g/mol. The minimum atomic E-state index is 0.146. The van der Waals surface area contributed by atoms with E-state index in [1.807, 2.05) is 17.8 Å². The van der Waals surface area contributed by atoms with E-state index in [4.69, 9.17) is 4.74 Å². The molecule has 1 aliphatic heterocycles. The summed E-state index contributed by atoms with van der Waals surface area (Å²) in [5.41, 5.74) is 0.146. The zero-order valence-electron chi connectivity index (χ0n) is 7.42. The number of hydrogen-bond donors (Lipinski definition) is 0. The van der Waals surface area contributed by atoms with Gasteiger partial charge >= 0.3 is 0 Å². The molecule has 1 atom stereocenters. The monoisotopic (exact) mass is 258 g/mol. The summed E-state index contributed by atoms with van der Waals surface area (Å²) in [4.78, 5) is 1.30. The second-order valence-corrected chi connectivity index (χ2v) is 5.45. The van der Waals surface area contributed by atoms with Gasteiger partial charge in [-0.3, -0.25) is 0 Å². The minimum Gasteiger partial charge on any atom is -0.369 e. The third-order valence-corrected chi connectivity index (χ3v) is 3.81. The van der Waals surface area contributed by atoms with Gasteiger partial charge in [-0.15, -0.1) is 11.8 Å². The van der Waals surface area contributed by atoms with Crippen molar-refractivity contribution in [2.75, 3.05) is 12.4 Å². The van der Waals surface area contributed by atoms with Gasteiger partial charge in [-0.05, 0) is 25.1 Å². The molecule has 0 N–H and O–H groups in total. The number of benzene rings is 1. The smallest absolute Gasteiger partial charge is 0.0981 e. The van der Waals surface area contributed by atoms with Crippen molar-refractivity contribution < 1.29 is 4.74 Å². The van der Waals surface area contributed by atoms with Crippen LogP contribution in [0.2, 0.25) is 0 Å². The largest absolute Gasteiger partial charge is 0.369 e. The van der Waals surface area contributed by atoms with E-state index in [0.717, 1.165) is 16.8 Å². The fourth-order valence-electron chi connectivity index (χ4n) is 0.999. The van der Waals surface area contributed by atoms with Crippen molar-refractivity contribution in [3.8, 4) is 0 Å². The molecule has 1 saturated heterocycles. The Kier molecular flexibility index (Phi) is 2.67. The molecule has 3 heteroatoms. The molecule has 1 aliphatic rings. The van der Waals surface area contributed by atoms with Crippen molar-refractivity contribution in [3.05, 3.63) is 28.7 Å². The molecule has 0 aliphatic carbocycles. The molecule has 13 heavy (non-hydrogen) atoms. The number of hydrogen-bond acceptors (Lipinski definition) is 2. The predicted molar refractivity (Wildman–Crippen MR) is 59.2 cm³/mol. The highest BCUT2D eigenvalue weighted by molar-refractivity contribution is 9.10. The summed E-state index contributed by atoms with van der Waals surface area (Å²) < 4.78 is 6.45. The van der Waals surface area contributed by atoms with Gasteiger partial charge in [0.25, 0.3) is 0 Å². The number of epoxide rings is 1. The average Bonchev–Trinajstić information content (AvgIpc) is 2.82. The van der Waals surface area contributed by atoms with Gasteiger partial charge in [-0.25, -0.2) is 0 Å². The van der Waals surface area contributed by atoms with Crippen LogP contribution >= 0.6 is 27.7 Å². The maximum atomic E-state index is 5.32. The van der Waals surface area contributed by atoms with E-state index in [9.17, 15) is 0 Å². The van der Waals surface area contributed by atoms with Crippen LogP contribution in [0.25, 0.3) is 0 Å². The Morgan fingerprint density at radius 1 is 1.62 bits per heavy atom. The van der Waals surface area contributed by atoms with Gasteiger partial charge in [0.1, 0.15) is 0 Å². The second-order valence-electron chi connectivity index (χ2n) is 3.48. The summed E-state index contributed by atoms with van der Waals surface area (Å²) in [6, 6.07) is 8.36. The Morgan fingerprint density at radius 2 is 2.38 bits per heavy atom. The molecule has 1 aromatic rings. The van der Waals surface area contributed by atoms with Gasteiger partial charge in [-0.2, -0.15) is 0 Å². The lowest BCUT2D eigenvalue weighted by Gasteiger charge is -2.04. The van der Waals surface area contributed by atoms with Crippen LogP contribution in [-0.4, -0.2) is 18.0 Å². The Labute approximate surface area is 91.0 Å². The molecular formula is C10H11BrOS. The van der Waals surface area contributed by atoms with Crippen LogP contribution < -0.4 is 0 Å². The third kappa shape index (κ3) is 2.73. The van der Waals surface area contributed by atoms with Crippen LogP contribution in [0.3, 0.4) is 0 Å². The van der Waals surface area contributed by atoms with Crippen molar-refractivity contribution in [2.24, 2.45) is 0 Å². The summed E-state index contributed by atoms with van der Waals surface area (Å²) in [7, 11) is 0. The highest BCUT2D eigenvalue weighted by Gasteiger charge is 2.38. The van der Waals surface area contributed by atoms with Gasteiger partial charge in [0.15, 0.2) is 0 Å². The fraction of sp³-hybridized carbons (Fsp3) is 0.400. The lowest BCUT2D eigenvalue weighted by molar-refractivity contribution is 0.348. The molecule has 0 radical (unpaired) electrons. The van der Waals surface area contributed by atoms with Crippen molar-refractivity contribution >= 4 is 27.7 Å². The molecule has 0 bridgehead atoms. The molecule has 0 amide bonds. The van der Waals surface area contributed by atoms with Crippen LogP contribution in [0.5, 0.6) is 0 Å². The first kappa shape index (κ1) is 9.56. The molecule has 1 heterocycles. The van der Waals surface area contributed by atoms with Crippen LogP contribution in [0.4, 0.5) is 0 Å². The van der Waals surface area contributed by atoms with Crippen LogP contribution in [0.15, 0.2) is 33.6 Å². The molecular weight excluding hydrogens is 248 g/mol. The molecule has 0 saturated carbocycles. The number of rotatable bonds is 3.